The number of carbonyl (C=O) groups excluding carboxylic acids is 1. The average molecular weight is 345 g/mol. The van der Waals surface area contributed by atoms with E-state index in [2.05, 4.69) is 5.32 Å². The monoisotopic (exact) mass is 345 g/mol. The summed E-state index contributed by atoms with van der Waals surface area (Å²) in [7, 11) is 0. The van der Waals surface area contributed by atoms with Gasteiger partial charge in [-0.1, -0.05) is 12.1 Å². The lowest BCUT2D eigenvalue weighted by Crippen LogP contribution is -2.32. The van der Waals surface area contributed by atoms with Gasteiger partial charge in [0.2, 0.25) is 0 Å². The number of carbonyl (C=O) groups is 2. The maximum Gasteiger partial charge on any atom is 0.416 e. The molecule has 132 valence electrons. The normalized spacial score (nSPS) is 12.2. The molecule has 1 amide bonds. The molecule has 1 rings (SSSR count). The van der Waals surface area contributed by atoms with Gasteiger partial charge in [0.1, 0.15) is 5.60 Å². The van der Waals surface area contributed by atoms with E-state index in [1.54, 1.807) is 20.8 Å². The third-order valence-corrected chi connectivity index (χ3v) is 2.68. The van der Waals surface area contributed by atoms with Gasteiger partial charge in [-0.25, -0.2) is 9.59 Å². The van der Waals surface area contributed by atoms with E-state index in [0.29, 0.717) is 0 Å². The largest absolute Gasteiger partial charge is 0.478 e. The Hall–Kier alpha value is -2.51. The predicted octanol–water partition coefficient (Wildman–Crippen LogP) is 3.83. The molecule has 0 radical (unpaired) electrons. The molecule has 0 unspecified atom stereocenters. The number of amides is 1. The molecular weight excluding hydrogens is 327 g/mol. The number of carboxylic acid groups (broad SMARTS) is 1. The van der Waals surface area contributed by atoms with E-state index in [4.69, 9.17) is 9.84 Å². The number of benzene rings is 1. The molecule has 1 aromatic rings. The van der Waals surface area contributed by atoms with Crippen LogP contribution >= 0.6 is 0 Å². The van der Waals surface area contributed by atoms with Crippen LogP contribution in [0.4, 0.5) is 18.0 Å². The van der Waals surface area contributed by atoms with Crippen LogP contribution in [0.2, 0.25) is 0 Å². The molecule has 2 N–H and O–H groups in total. The number of rotatable bonds is 4. The zero-order valence-electron chi connectivity index (χ0n) is 13.4. The van der Waals surface area contributed by atoms with Crippen molar-refractivity contribution < 1.29 is 32.6 Å². The van der Waals surface area contributed by atoms with E-state index in [0.717, 1.165) is 18.2 Å². The van der Waals surface area contributed by atoms with Gasteiger partial charge >= 0.3 is 18.2 Å². The quantitative estimate of drug-likeness (QED) is 0.813. The highest BCUT2D eigenvalue weighted by molar-refractivity contribution is 5.85. The van der Waals surface area contributed by atoms with Gasteiger partial charge in [-0.2, -0.15) is 13.2 Å². The van der Waals surface area contributed by atoms with Crippen molar-refractivity contribution >= 4 is 18.1 Å². The Morgan fingerprint density at radius 3 is 2.38 bits per heavy atom. The molecule has 5 nitrogen and oxygen atoms in total. The summed E-state index contributed by atoms with van der Waals surface area (Å²) in [6, 6.07) is 3.34. The summed E-state index contributed by atoms with van der Waals surface area (Å²) in [6.45, 7) is 4.54. The lowest BCUT2D eigenvalue weighted by atomic mass is 10.0. The molecule has 0 spiro atoms. The first-order valence-corrected chi connectivity index (χ1v) is 6.96. The highest BCUT2D eigenvalue weighted by atomic mass is 19.4. The zero-order chi connectivity index (χ0) is 18.5. The van der Waals surface area contributed by atoms with E-state index in [1.807, 2.05) is 0 Å². The minimum atomic E-state index is -4.64. The second-order valence-electron chi connectivity index (χ2n) is 5.94. The fraction of sp³-hybridized carbons (Fsp3) is 0.375. The van der Waals surface area contributed by atoms with Crippen molar-refractivity contribution in [2.45, 2.75) is 39.1 Å². The first-order chi connectivity index (χ1) is 10.9. The summed E-state index contributed by atoms with van der Waals surface area (Å²) < 4.78 is 44.4. The van der Waals surface area contributed by atoms with Crippen molar-refractivity contribution in [2.24, 2.45) is 0 Å². The van der Waals surface area contributed by atoms with E-state index >= 15 is 0 Å². The lowest BCUT2D eigenvalue weighted by molar-refractivity contribution is -0.138. The first-order valence-electron chi connectivity index (χ1n) is 6.96. The van der Waals surface area contributed by atoms with Crippen molar-refractivity contribution in [3.63, 3.8) is 0 Å². The highest BCUT2D eigenvalue weighted by Gasteiger charge is 2.33. The SMILES string of the molecule is CC(C)(C)OC(=O)NCc1ccc(/C=C/C(=O)O)cc1C(F)(F)F. The third kappa shape index (κ3) is 6.72. The van der Waals surface area contributed by atoms with Crippen LogP contribution in [0.3, 0.4) is 0 Å². The van der Waals surface area contributed by atoms with Gasteiger partial charge in [0.05, 0.1) is 5.56 Å². The van der Waals surface area contributed by atoms with E-state index in [9.17, 15) is 22.8 Å². The van der Waals surface area contributed by atoms with Crippen molar-refractivity contribution in [3.05, 3.63) is 41.0 Å². The average Bonchev–Trinajstić information content (AvgIpc) is 2.40. The first kappa shape index (κ1) is 19.5. The van der Waals surface area contributed by atoms with Gasteiger partial charge in [-0.05, 0) is 44.0 Å². The van der Waals surface area contributed by atoms with Gasteiger partial charge in [0, 0.05) is 12.6 Å². The van der Waals surface area contributed by atoms with E-state index in [1.165, 1.54) is 12.1 Å². The fourth-order valence-corrected chi connectivity index (χ4v) is 1.76. The minimum absolute atomic E-state index is 0.0887. The Labute approximate surface area is 137 Å². The second-order valence-corrected chi connectivity index (χ2v) is 5.94. The van der Waals surface area contributed by atoms with E-state index < -0.39 is 29.4 Å². The smallest absolute Gasteiger partial charge is 0.416 e. The predicted molar refractivity (Wildman–Crippen MR) is 81.2 cm³/mol. The molecular formula is C16H18F3NO4. The van der Waals surface area contributed by atoms with Crippen LogP contribution < -0.4 is 5.32 Å². The second kappa shape index (κ2) is 7.37. The molecule has 0 aliphatic carbocycles. The summed E-state index contributed by atoms with van der Waals surface area (Å²) in [5.41, 5.74) is -1.78. The van der Waals surface area contributed by atoms with Crippen LogP contribution in [0.5, 0.6) is 0 Å². The Bertz CT molecular complexity index is 646. The number of carboxylic acids is 1. The molecule has 8 heteroatoms. The summed E-state index contributed by atoms with van der Waals surface area (Å²) in [5, 5.41) is 10.8. The molecule has 0 aromatic heterocycles. The minimum Gasteiger partial charge on any atom is -0.478 e. The summed E-state index contributed by atoms with van der Waals surface area (Å²) in [5.74, 6) is -1.26. The number of aliphatic carboxylic acids is 1. The summed E-state index contributed by atoms with van der Waals surface area (Å²) in [4.78, 5) is 22.0. The number of nitrogens with one attached hydrogen (secondary N) is 1. The number of alkyl carbamates (subject to hydrolysis) is 1. The number of halogens is 3. The highest BCUT2D eigenvalue weighted by Crippen LogP contribution is 2.33. The van der Waals surface area contributed by atoms with Gasteiger partial charge in [-0.15, -0.1) is 0 Å². The van der Waals surface area contributed by atoms with Gasteiger partial charge in [0.15, 0.2) is 0 Å². The van der Waals surface area contributed by atoms with Crippen LogP contribution in [0.1, 0.15) is 37.5 Å². The molecule has 0 bridgehead atoms. The molecule has 0 saturated heterocycles. The van der Waals surface area contributed by atoms with Crippen LogP contribution in [-0.4, -0.2) is 22.8 Å². The maximum atomic E-state index is 13.1. The van der Waals surface area contributed by atoms with Gasteiger partial charge < -0.3 is 15.2 Å². The van der Waals surface area contributed by atoms with Crippen molar-refractivity contribution in [1.29, 1.82) is 0 Å². The van der Waals surface area contributed by atoms with Crippen molar-refractivity contribution in [1.82, 2.24) is 5.32 Å². The fourth-order valence-electron chi connectivity index (χ4n) is 1.76. The van der Waals surface area contributed by atoms with Crippen molar-refractivity contribution in [2.75, 3.05) is 0 Å². The van der Waals surface area contributed by atoms with Crippen LogP contribution in [0.25, 0.3) is 6.08 Å². The summed E-state index contributed by atoms with van der Waals surface area (Å²) >= 11 is 0. The van der Waals surface area contributed by atoms with Gasteiger partial charge in [0.25, 0.3) is 0 Å². The number of hydrogen-bond acceptors (Lipinski definition) is 3. The van der Waals surface area contributed by atoms with E-state index in [-0.39, 0.29) is 17.7 Å². The molecule has 0 aliphatic heterocycles. The Balaban J connectivity index is 2.98. The molecule has 0 saturated carbocycles. The Kier molecular flexibility index (Phi) is 6.00. The Morgan fingerprint density at radius 2 is 1.88 bits per heavy atom. The maximum absolute atomic E-state index is 13.1. The number of alkyl halides is 3. The molecule has 0 atom stereocenters. The lowest BCUT2D eigenvalue weighted by Gasteiger charge is -2.20. The molecule has 1 aromatic carbocycles. The standard InChI is InChI=1S/C16H18F3NO4/c1-15(2,3)24-14(23)20-9-11-6-4-10(5-7-13(21)22)8-12(11)16(17,18)19/h4-8H,9H2,1-3H3,(H,20,23)(H,21,22)/b7-5+. The topological polar surface area (TPSA) is 75.6 Å². The van der Waals surface area contributed by atoms with Crippen molar-refractivity contribution in [3.8, 4) is 0 Å². The number of ether oxygens (including phenoxy) is 1. The molecule has 0 fully saturated rings. The molecule has 0 aliphatic rings. The molecule has 0 heterocycles. The Morgan fingerprint density at radius 1 is 1.25 bits per heavy atom. The van der Waals surface area contributed by atoms with Crippen LogP contribution in [0.15, 0.2) is 24.3 Å². The molecule has 24 heavy (non-hydrogen) atoms. The van der Waals surface area contributed by atoms with Crippen LogP contribution in [-0.2, 0) is 22.3 Å². The third-order valence-electron chi connectivity index (χ3n) is 2.68. The zero-order valence-corrected chi connectivity index (χ0v) is 13.4. The van der Waals surface area contributed by atoms with Crippen LogP contribution in [0, 0.1) is 0 Å². The number of hydrogen-bond donors (Lipinski definition) is 2. The van der Waals surface area contributed by atoms with Gasteiger partial charge in [-0.3, -0.25) is 0 Å². The summed E-state index contributed by atoms with van der Waals surface area (Å²) in [6.07, 6.45) is -3.67.